The molecule has 0 bridgehead atoms. The zero-order valence-corrected chi connectivity index (χ0v) is 35.7. The van der Waals surface area contributed by atoms with Crippen LogP contribution in [0.5, 0.6) is 5.75 Å². The van der Waals surface area contributed by atoms with Crippen LogP contribution in [0.2, 0.25) is 0 Å². The summed E-state index contributed by atoms with van der Waals surface area (Å²) in [7, 11) is 0. The molecule has 0 saturated heterocycles. The molecule has 0 spiro atoms. The first-order valence-corrected chi connectivity index (χ1v) is 20.0. The van der Waals surface area contributed by atoms with E-state index in [1.165, 1.54) is 5.39 Å². The monoisotopic (exact) mass is 1090 g/mol. The summed E-state index contributed by atoms with van der Waals surface area (Å²) >= 11 is 0. The van der Waals surface area contributed by atoms with Gasteiger partial charge in [0.1, 0.15) is 6.15 Å². The van der Waals surface area contributed by atoms with E-state index in [0.717, 1.165) is 11.1 Å². The summed E-state index contributed by atoms with van der Waals surface area (Å²) in [6.45, 7) is 0. The Kier molecular flexibility index (Phi) is 14.6. The van der Waals surface area contributed by atoms with Gasteiger partial charge in [-0.2, -0.15) is 127 Å². The summed E-state index contributed by atoms with van der Waals surface area (Å²) in [5.74, 6) is 0.833. The standard InChI is InChI=1S/C32H12BF24.C14H11N2O/c34-25(35,36)13-1-14(26(37,38)39)6-21(5-13)33(22-7-15(27(40,41)42)2-16(8-22)28(43,44)45,23-9-17(29(46,47)48)3-18(10-23)30(49,50)51)24-11-19(31(52,53)54)4-20(12-24)32(55,56)57;1-2-6-13-12(4-1)5-3-7-14(13)17-16-10-8-15-9-11-16/h1-12H;1-11H/q-1;+1. The van der Waals surface area contributed by atoms with Crippen LogP contribution in [0.1, 0.15) is 44.5 Å². The quantitative estimate of drug-likeness (QED) is 0.0942. The molecule has 3 nitrogen and oxygen atoms in total. The van der Waals surface area contributed by atoms with Crippen molar-refractivity contribution in [2.75, 3.05) is 0 Å². The number of rotatable bonds is 6. The maximum Gasteiger partial charge on any atom is 0.416 e. The van der Waals surface area contributed by atoms with Gasteiger partial charge in [-0.05, 0) is 35.7 Å². The molecule has 0 atom stereocenters. The molecule has 7 aromatic rings. The highest BCUT2D eigenvalue weighted by Gasteiger charge is 2.47. The van der Waals surface area contributed by atoms with Crippen LogP contribution in [0.25, 0.3) is 10.8 Å². The Morgan fingerprint density at radius 2 is 0.581 bits per heavy atom. The summed E-state index contributed by atoms with van der Waals surface area (Å²) < 4.78 is 342. The normalized spacial score (nSPS) is 13.4. The molecule has 1 aromatic heterocycles. The molecule has 7 rings (SSSR count). The predicted octanol–water partition coefficient (Wildman–Crippen LogP) is 13.6. The topological polar surface area (TPSA) is 26.0 Å². The van der Waals surface area contributed by atoms with E-state index >= 15 is 0 Å². The molecule has 74 heavy (non-hydrogen) atoms. The SMILES string of the molecule is FC(F)(F)c1cc([B-](c2cc(C(F)(F)F)cc(C(F)(F)F)c2)(c2cc(C(F)(F)F)cc(C(F)(F)F)c2)c2cc(C(F)(F)F)cc(C(F)(F)F)c2)cc(C(F)(F)F)c1.c1ccc2c(O[n+]3ccncc3)cccc2c1. The highest BCUT2D eigenvalue weighted by molar-refractivity contribution is 7.20. The minimum atomic E-state index is -6.13. The zero-order chi connectivity index (χ0) is 55.4. The van der Waals surface area contributed by atoms with Gasteiger partial charge in [0.05, 0.1) is 56.9 Å². The molecule has 6 aromatic carbocycles. The fraction of sp³-hybridized carbons (Fsp3) is 0.174. The molecular weight excluding hydrogens is 1060 g/mol. The molecular formula is C46H23BF24N2O. The van der Waals surface area contributed by atoms with E-state index in [1.54, 1.807) is 29.5 Å². The maximum atomic E-state index is 14.2. The van der Waals surface area contributed by atoms with E-state index < -0.39 is 195 Å². The first-order valence-electron chi connectivity index (χ1n) is 20.0. The van der Waals surface area contributed by atoms with Crippen LogP contribution in [0.4, 0.5) is 105 Å². The zero-order valence-electron chi connectivity index (χ0n) is 35.7. The lowest BCUT2D eigenvalue weighted by Gasteiger charge is -2.46. The number of alkyl halides is 24. The molecule has 1 heterocycles. The highest BCUT2D eigenvalue weighted by atomic mass is 19.4. The maximum absolute atomic E-state index is 14.2. The van der Waals surface area contributed by atoms with Gasteiger partial charge in [0.2, 0.25) is 18.1 Å². The Morgan fingerprint density at radius 3 is 0.851 bits per heavy atom. The summed E-state index contributed by atoms with van der Waals surface area (Å²) in [6.07, 6.45) is -47.9. The fourth-order valence-electron chi connectivity index (χ4n) is 7.83. The number of halogens is 24. The van der Waals surface area contributed by atoms with Crippen molar-refractivity contribution in [2.45, 2.75) is 49.4 Å². The molecule has 0 aliphatic heterocycles. The Morgan fingerprint density at radius 1 is 0.324 bits per heavy atom. The second-order valence-electron chi connectivity index (χ2n) is 15.9. The number of hydrogen-bond donors (Lipinski definition) is 0. The van der Waals surface area contributed by atoms with Gasteiger partial charge < -0.3 is 0 Å². The third-order valence-corrected chi connectivity index (χ3v) is 11.0. The highest BCUT2D eigenvalue weighted by Crippen LogP contribution is 2.41. The molecule has 0 radical (unpaired) electrons. The van der Waals surface area contributed by atoms with Crippen LogP contribution in [0, 0.1) is 0 Å². The lowest BCUT2D eigenvalue weighted by Crippen LogP contribution is -2.75. The fourth-order valence-corrected chi connectivity index (χ4v) is 7.83. The van der Waals surface area contributed by atoms with Gasteiger partial charge >= 0.3 is 49.4 Å². The smallest absolute Gasteiger partial charge is 0.252 e. The van der Waals surface area contributed by atoms with Crippen molar-refractivity contribution in [3.8, 4) is 5.75 Å². The van der Waals surface area contributed by atoms with Gasteiger partial charge in [0, 0.05) is 10.1 Å². The van der Waals surface area contributed by atoms with Crippen LogP contribution >= 0.6 is 0 Å². The summed E-state index contributed by atoms with van der Waals surface area (Å²) in [5, 5.41) is 2.26. The molecule has 0 fully saturated rings. The Labute approximate surface area is 398 Å². The van der Waals surface area contributed by atoms with E-state index in [-0.39, 0.29) is 0 Å². The van der Waals surface area contributed by atoms with Gasteiger partial charge in [-0.15, -0.1) is 0 Å². The van der Waals surface area contributed by atoms with Crippen molar-refractivity contribution in [3.63, 3.8) is 0 Å². The molecule has 28 heteroatoms. The molecule has 394 valence electrons. The average molecular weight is 1090 g/mol. The van der Waals surface area contributed by atoms with Crippen LogP contribution in [-0.4, -0.2) is 11.1 Å². The van der Waals surface area contributed by atoms with Crippen molar-refractivity contribution in [2.24, 2.45) is 0 Å². The summed E-state index contributed by atoms with van der Waals surface area (Å²) in [5.41, 5.74) is -30.2. The summed E-state index contributed by atoms with van der Waals surface area (Å²) in [6, 6.07) is 5.34. The molecule has 0 saturated carbocycles. The largest absolute Gasteiger partial charge is 0.416 e. The number of hydrogen-bond acceptors (Lipinski definition) is 2. The number of benzene rings is 6. The van der Waals surface area contributed by atoms with Gasteiger partial charge in [0.15, 0.2) is 0 Å². The minimum absolute atomic E-state index is 0.691. The van der Waals surface area contributed by atoms with Crippen LogP contribution in [0.3, 0.4) is 0 Å². The van der Waals surface area contributed by atoms with E-state index in [1.807, 2.05) is 30.3 Å². The third kappa shape index (κ3) is 12.4. The first kappa shape index (κ1) is 56.1. The summed E-state index contributed by atoms with van der Waals surface area (Å²) in [4.78, 5) is 9.72. The average Bonchev–Trinajstić information content (AvgIpc) is 3.27. The van der Waals surface area contributed by atoms with Gasteiger partial charge in [-0.25, -0.2) is 4.84 Å². The van der Waals surface area contributed by atoms with E-state index in [4.69, 9.17) is 4.84 Å². The van der Waals surface area contributed by atoms with Gasteiger partial charge in [-0.3, -0.25) is 4.98 Å². The van der Waals surface area contributed by atoms with E-state index in [0.29, 0.717) is 0 Å². The van der Waals surface area contributed by atoms with Crippen molar-refractivity contribution in [1.29, 1.82) is 0 Å². The minimum Gasteiger partial charge on any atom is -0.252 e. The van der Waals surface area contributed by atoms with Crippen molar-refractivity contribution >= 4 is 38.8 Å². The molecule has 0 aliphatic carbocycles. The predicted molar refractivity (Wildman–Crippen MR) is 214 cm³/mol. The number of aromatic nitrogens is 2. The second-order valence-corrected chi connectivity index (χ2v) is 15.9. The van der Waals surface area contributed by atoms with Gasteiger partial charge in [0.25, 0.3) is 0 Å². The third-order valence-electron chi connectivity index (χ3n) is 11.0. The molecule has 0 amide bonds. The van der Waals surface area contributed by atoms with E-state index in [9.17, 15) is 105 Å². The van der Waals surface area contributed by atoms with Crippen LogP contribution in [0.15, 0.2) is 140 Å². The van der Waals surface area contributed by atoms with E-state index in [2.05, 4.69) is 17.1 Å². The second kappa shape index (κ2) is 19.3. The first-order chi connectivity index (χ1) is 33.7. The van der Waals surface area contributed by atoms with Crippen LogP contribution in [-0.2, 0) is 49.4 Å². The Hall–Kier alpha value is -7.16. The molecule has 0 N–H and O–H groups in total. The Balaban J connectivity index is 0.000000436. The van der Waals surface area contributed by atoms with Crippen molar-refractivity contribution in [1.82, 2.24) is 4.98 Å². The lowest BCUT2D eigenvalue weighted by atomic mass is 9.12. The number of fused-ring (bicyclic) bond motifs is 1. The molecule has 0 unspecified atom stereocenters. The van der Waals surface area contributed by atoms with Gasteiger partial charge in [-0.1, -0.05) is 84.9 Å². The lowest BCUT2D eigenvalue weighted by molar-refractivity contribution is -0.875. The van der Waals surface area contributed by atoms with Crippen LogP contribution < -0.4 is 31.4 Å². The van der Waals surface area contributed by atoms with Crippen molar-refractivity contribution in [3.05, 3.63) is 185 Å². The number of nitrogens with zero attached hydrogens (tertiary/aromatic N) is 2. The van der Waals surface area contributed by atoms with Crippen molar-refractivity contribution < 1.29 is 115 Å². The molecule has 0 aliphatic rings. The Bertz CT molecular complexity index is 2710.